The molecule has 0 aliphatic heterocycles. The molecule has 0 saturated heterocycles. The molecule has 1 aromatic carbocycles. The van der Waals surface area contributed by atoms with E-state index >= 15 is 0 Å². The lowest BCUT2D eigenvalue weighted by Gasteiger charge is -2.33. The molecule has 0 unspecified atom stereocenters. The van der Waals surface area contributed by atoms with Crippen LogP contribution in [0.4, 0.5) is 5.00 Å². The predicted molar refractivity (Wildman–Crippen MR) is 136 cm³/mol. The highest BCUT2D eigenvalue weighted by Gasteiger charge is 2.33. The van der Waals surface area contributed by atoms with Gasteiger partial charge in [0.15, 0.2) is 0 Å². The lowest BCUT2D eigenvalue weighted by molar-refractivity contribution is 0.0947. The number of ether oxygens (including phenoxy) is 2. The Morgan fingerprint density at radius 1 is 1.26 bits per heavy atom. The molecule has 1 aliphatic rings. The Balaban J connectivity index is 1.67. The average Bonchev–Trinajstić information content (AvgIpc) is 3.47. The first-order valence-corrected chi connectivity index (χ1v) is 12.3. The molecule has 0 saturated carbocycles. The largest absolute Gasteiger partial charge is 0.497 e. The van der Waals surface area contributed by atoms with Gasteiger partial charge in [-0.25, -0.2) is 4.99 Å². The van der Waals surface area contributed by atoms with Crippen molar-refractivity contribution in [3.05, 3.63) is 63.9 Å². The van der Waals surface area contributed by atoms with E-state index in [4.69, 9.17) is 18.9 Å². The minimum absolute atomic E-state index is 0.114. The third-order valence-electron chi connectivity index (χ3n) is 6.46. The number of hydrogen-bond acceptors (Lipinski definition) is 6. The molecular weight excluding hydrogens is 448 g/mol. The normalized spacial score (nSPS) is 15.9. The first-order chi connectivity index (χ1) is 16.3. The number of hydrogen-bond donors (Lipinski definition) is 1. The topological polar surface area (TPSA) is 73.1 Å². The third kappa shape index (κ3) is 5.20. The van der Waals surface area contributed by atoms with E-state index in [0.717, 1.165) is 41.2 Å². The van der Waals surface area contributed by atoms with E-state index in [1.54, 1.807) is 38.0 Å². The van der Waals surface area contributed by atoms with Gasteiger partial charge in [0.25, 0.3) is 5.91 Å². The second-order valence-electron chi connectivity index (χ2n) is 9.62. The Bertz CT molecular complexity index is 1170. The van der Waals surface area contributed by atoms with E-state index < -0.39 is 0 Å². The van der Waals surface area contributed by atoms with Gasteiger partial charge in [-0.15, -0.1) is 11.3 Å². The van der Waals surface area contributed by atoms with Crippen molar-refractivity contribution in [2.24, 2.45) is 16.3 Å². The number of methoxy groups -OCH3 is 2. The molecule has 1 aliphatic carbocycles. The number of nitrogens with one attached hydrogen (secondary N) is 1. The second-order valence-corrected chi connectivity index (χ2v) is 10.7. The summed E-state index contributed by atoms with van der Waals surface area (Å²) in [7, 11) is 3.24. The van der Waals surface area contributed by atoms with Gasteiger partial charge < -0.3 is 19.2 Å². The molecule has 180 valence electrons. The Labute approximate surface area is 205 Å². The zero-order chi connectivity index (χ0) is 24.3. The van der Waals surface area contributed by atoms with Gasteiger partial charge in [0, 0.05) is 22.7 Å². The number of nitrogens with zero attached hydrogens (tertiary/aromatic N) is 1. The van der Waals surface area contributed by atoms with E-state index in [-0.39, 0.29) is 11.3 Å². The van der Waals surface area contributed by atoms with Crippen LogP contribution in [0.5, 0.6) is 11.5 Å². The molecule has 2 heterocycles. The van der Waals surface area contributed by atoms with Gasteiger partial charge in [-0.3, -0.25) is 4.79 Å². The molecule has 3 aromatic rings. The lowest BCUT2D eigenvalue weighted by Crippen LogP contribution is -2.28. The summed E-state index contributed by atoms with van der Waals surface area (Å²) in [5.74, 6) is 2.57. The van der Waals surface area contributed by atoms with Gasteiger partial charge in [-0.05, 0) is 60.4 Å². The first kappa shape index (κ1) is 24.1. The number of amides is 1. The van der Waals surface area contributed by atoms with Crippen molar-refractivity contribution in [1.29, 1.82) is 0 Å². The highest BCUT2D eigenvalue weighted by atomic mass is 32.1. The van der Waals surface area contributed by atoms with E-state index in [1.165, 1.54) is 4.88 Å². The molecule has 0 bridgehead atoms. The molecule has 4 rings (SSSR count). The minimum atomic E-state index is -0.114. The number of furan rings is 1. The van der Waals surface area contributed by atoms with Crippen molar-refractivity contribution < 1.29 is 18.7 Å². The van der Waals surface area contributed by atoms with Gasteiger partial charge in [-0.1, -0.05) is 20.8 Å². The van der Waals surface area contributed by atoms with Gasteiger partial charge in [-0.2, -0.15) is 0 Å². The number of rotatable bonds is 7. The molecular formula is C27H32N2O4S. The van der Waals surface area contributed by atoms with Crippen LogP contribution in [0.15, 0.2) is 46.0 Å². The number of aliphatic imine (C=N–C) groups is 1. The van der Waals surface area contributed by atoms with Crippen LogP contribution in [0.2, 0.25) is 0 Å². The lowest BCUT2D eigenvalue weighted by atomic mass is 9.72. The van der Waals surface area contributed by atoms with Crippen LogP contribution in [-0.2, 0) is 19.4 Å². The number of benzene rings is 1. The number of carbonyl (C=O) groups excluding carboxylic acids is 1. The van der Waals surface area contributed by atoms with Crippen LogP contribution in [0.1, 0.15) is 59.3 Å². The predicted octanol–water partition coefficient (Wildman–Crippen LogP) is 6.19. The average molecular weight is 481 g/mol. The van der Waals surface area contributed by atoms with Crippen LogP contribution < -0.4 is 14.8 Å². The van der Waals surface area contributed by atoms with Crippen LogP contribution in [0.25, 0.3) is 0 Å². The zero-order valence-electron chi connectivity index (χ0n) is 20.4. The second kappa shape index (κ2) is 10.1. The maximum Gasteiger partial charge on any atom is 0.255 e. The summed E-state index contributed by atoms with van der Waals surface area (Å²) in [6, 6.07) is 9.27. The maximum absolute atomic E-state index is 13.3. The van der Waals surface area contributed by atoms with Crippen molar-refractivity contribution in [2.45, 2.75) is 46.6 Å². The summed E-state index contributed by atoms with van der Waals surface area (Å²) in [5, 5.41) is 3.75. The first-order valence-electron chi connectivity index (χ1n) is 11.5. The Morgan fingerprint density at radius 3 is 2.76 bits per heavy atom. The summed E-state index contributed by atoms with van der Waals surface area (Å²) in [5.41, 5.74) is 2.87. The van der Waals surface area contributed by atoms with Crippen LogP contribution in [0, 0.1) is 11.3 Å². The van der Waals surface area contributed by atoms with E-state index in [9.17, 15) is 4.79 Å². The fourth-order valence-electron chi connectivity index (χ4n) is 4.36. The third-order valence-corrected chi connectivity index (χ3v) is 7.63. The summed E-state index contributed by atoms with van der Waals surface area (Å²) in [6.07, 6.45) is 6.31. The zero-order valence-corrected chi connectivity index (χ0v) is 21.3. The van der Waals surface area contributed by atoms with Gasteiger partial charge in [0.2, 0.25) is 0 Å². The number of thiophene rings is 1. The molecule has 1 amide bonds. The number of carbonyl (C=O) groups is 1. The highest BCUT2D eigenvalue weighted by molar-refractivity contribution is 7.16. The van der Waals surface area contributed by atoms with E-state index in [2.05, 4.69) is 26.1 Å². The smallest absolute Gasteiger partial charge is 0.255 e. The van der Waals surface area contributed by atoms with Gasteiger partial charge in [0.05, 0.1) is 32.6 Å². The van der Waals surface area contributed by atoms with Crippen LogP contribution in [-0.4, -0.2) is 26.3 Å². The maximum atomic E-state index is 13.3. The molecule has 2 aromatic heterocycles. The molecule has 34 heavy (non-hydrogen) atoms. The SMILES string of the molecule is COc1ccc(C=Nc2sc3c(c2C(=O)NCc2ccco2)CC[C@@H](C(C)(C)C)C3)c(OC)c1. The monoisotopic (exact) mass is 480 g/mol. The van der Waals surface area contributed by atoms with Crippen LogP contribution >= 0.6 is 11.3 Å². The molecule has 1 N–H and O–H groups in total. The van der Waals surface area contributed by atoms with Gasteiger partial charge in [0.1, 0.15) is 22.3 Å². The molecule has 7 heteroatoms. The Kier molecular flexibility index (Phi) is 7.12. The Hall–Kier alpha value is -3.06. The standard InChI is InChI=1S/C27H32N2O4S/c1-27(2,3)18-9-11-21-23(13-18)34-26(24(21)25(30)28-16-20-7-6-12-33-20)29-15-17-8-10-19(31-4)14-22(17)32-5/h6-8,10,12,14-15,18H,9,11,13,16H2,1-5H3,(H,28,30)/t18-/m1/s1. The molecule has 1 atom stereocenters. The quantitative estimate of drug-likeness (QED) is 0.409. The van der Waals surface area contributed by atoms with Crippen molar-refractivity contribution >= 4 is 28.5 Å². The summed E-state index contributed by atoms with van der Waals surface area (Å²) >= 11 is 1.63. The van der Waals surface area contributed by atoms with Crippen molar-refractivity contribution in [3.8, 4) is 11.5 Å². The summed E-state index contributed by atoms with van der Waals surface area (Å²) in [4.78, 5) is 19.4. The fourth-order valence-corrected chi connectivity index (χ4v) is 5.63. The number of fused-ring (bicyclic) bond motifs is 1. The highest BCUT2D eigenvalue weighted by Crippen LogP contribution is 2.45. The molecule has 0 radical (unpaired) electrons. The fraction of sp³-hybridized carbons (Fsp3) is 0.407. The summed E-state index contributed by atoms with van der Waals surface area (Å²) < 4.78 is 16.2. The van der Waals surface area contributed by atoms with E-state index in [1.807, 2.05) is 30.3 Å². The van der Waals surface area contributed by atoms with Crippen LogP contribution in [0.3, 0.4) is 0 Å². The Morgan fingerprint density at radius 2 is 2.09 bits per heavy atom. The van der Waals surface area contributed by atoms with Gasteiger partial charge >= 0.3 is 0 Å². The van der Waals surface area contributed by atoms with E-state index in [0.29, 0.717) is 29.5 Å². The van der Waals surface area contributed by atoms with Crippen molar-refractivity contribution in [2.75, 3.05) is 14.2 Å². The molecule has 0 fully saturated rings. The minimum Gasteiger partial charge on any atom is -0.497 e. The molecule has 0 spiro atoms. The van der Waals surface area contributed by atoms with Crippen molar-refractivity contribution in [3.63, 3.8) is 0 Å². The molecule has 6 nitrogen and oxygen atoms in total. The van der Waals surface area contributed by atoms with Crippen molar-refractivity contribution in [1.82, 2.24) is 5.32 Å². The summed E-state index contributed by atoms with van der Waals surface area (Å²) in [6.45, 7) is 7.23.